The number of nitriles is 1. The summed E-state index contributed by atoms with van der Waals surface area (Å²) in [6.45, 7) is 6.29. The topological polar surface area (TPSA) is 36.1 Å². The van der Waals surface area contributed by atoms with Crippen molar-refractivity contribution in [2.45, 2.75) is 26.2 Å². The van der Waals surface area contributed by atoms with Crippen LogP contribution in [0.1, 0.15) is 31.9 Å². The molecule has 0 radical (unpaired) electrons. The van der Waals surface area contributed by atoms with Crippen molar-refractivity contribution in [1.29, 1.82) is 5.26 Å². The largest absolute Gasteiger partial charge is 0.255 e. The first-order valence-corrected chi connectivity index (χ1v) is 4.66. The predicted octanol–water partition coefficient (Wildman–Crippen LogP) is 2.94. The summed E-state index contributed by atoms with van der Waals surface area (Å²) >= 11 is 0. The summed E-state index contributed by atoms with van der Waals surface area (Å²) in [5.74, 6) is 0. The van der Waals surface area contributed by atoms with E-state index in [1.54, 1.807) is 0 Å². The molecule has 1 aromatic rings. The summed E-state index contributed by atoms with van der Waals surface area (Å²) in [4.78, 5) is 4.47. The molecule has 0 atom stereocenters. The molecule has 0 fully saturated rings. The van der Waals surface area contributed by atoms with Crippen LogP contribution in [0.5, 0.6) is 0 Å². The minimum atomic E-state index is -0.0256. The van der Waals surface area contributed by atoms with Gasteiger partial charge in [-0.05, 0) is 18.6 Å². The number of hydrogen-bond acceptors (Lipinski definition) is 2. The first-order valence-electron chi connectivity index (χ1n) is 4.66. The fraction of sp³-hybridized carbons (Fsp3) is 0.333. The average Bonchev–Trinajstić information content (AvgIpc) is 2.39. The zero-order valence-corrected chi connectivity index (χ0v) is 8.63. The molecule has 1 aromatic carbocycles. The van der Waals surface area contributed by atoms with E-state index in [1.807, 2.05) is 19.1 Å². The van der Waals surface area contributed by atoms with Crippen LogP contribution < -0.4 is 0 Å². The second-order valence-electron chi connectivity index (χ2n) is 4.14. The highest BCUT2D eigenvalue weighted by molar-refractivity contribution is 6.00. The Balaban J connectivity index is 2.74. The minimum absolute atomic E-state index is 0.0256. The molecule has 1 aliphatic heterocycles. The molecule has 70 valence electrons. The van der Waals surface area contributed by atoms with Gasteiger partial charge in [-0.2, -0.15) is 5.26 Å². The third kappa shape index (κ3) is 0.990. The quantitative estimate of drug-likeness (QED) is 0.610. The maximum atomic E-state index is 8.94. The van der Waals surface area contributed by atoms with Crippen LogP contribution in [0.3, 0.4) is 0 Å². The van der Waals surface area contributed by atoms with Gasteiger partial charge >= 0.3 is 0 Å². The fourth-order valence-corrected chi connectivity index (χ4v) is 1.76. The van der Waals surface area contributed by atoms with E-state index in [0.29, 0.717) is 5.56 Å². The zero-order valence-electron chi connectivity index (χ0n) is 8.63. The molecular formula is C12H12N2. The van der Waals surface area contributed by atoms with Gasteiger partial charge in [0.05, 0.1) is 11.3 Å². The monoisotopic (exact) mass is 184 g/mol. The van der Waals surface area contributed by atoms with Crippen molar-refractivity contribution in [2.75, 3.05) is 0 Å². The molecule has 2 nitrogen and oxygen atoms in total. The van der Waals surface area contributed by atoms with Gasteiger partial charge in [0.1, 0.15) is 6.07 Å². The van der Waals surface area contributed by atoms with Crippen LogP contribution in [0.4, 0.5) is 5.69 Å². The first-order chi connectivity index (χ1) is 6.57. The average molecular weight is 184 g/mol. The number of aliphatic imine (C=N–C) groups is 1. The van der Waals surface area contributed by atoms with Crippen LogP contribution in [0, 0.1) is 11.3 Å². The van der Waals surface area contributed by atoms with Crippen LogP contribution >= 0.6 is 0 Å². The molecule has 14 heavy (non-hydrogen) atoms. The second kappa shape index (κ2) is 2.68. The molecule has 0 aliphatic carbocycles. The number of fused-ring (bicyclic) bond motifs is 1. The van der Waals surface area contributed by atoms with Gasteiger partial charge in [-0.3, -0.25) is 4.99 Å². The molecule has 1 heterocycles. The summed E-state index contributed by atoms with van der Waals surface area (Å²) in [6, 6.07) is 7.97. The van der Waals surface area contributed by atoms with E-state index in [1.165, 1.54) is 0 Å². The molecule has 2 rings (SSSR count). The lowest BCUT2D eigenvalue weighted by molar-refractivity contribution is 0.733. The molecule has 0 spiro atoms. The maximum Gasteiger partial charge on any atom is 0.101 e. The SMILES string of the molecule is CC1=Nc2c(C#N)cccc2C1(C)C. The van der Waals surface area contributed by atoms with Crippen LogP contribution in [0.2, 0.25) is 0 Å². The van der Waals surface area contributed by atoms with Gasteiger partial charge in [-0.1, -0.05) is 26.0 Å². The highest BCUT2D eigenvalue weighted by Crippen LogP contribution is 2.41. The van der Waals surface area contributed by atoms with E-state index < -0.39 is 0 Å². The van der Waals surface area contributed by atoms with E-state index in [4.69, 9.17) is 5.26 Å². The summed E-state index contributed by atoms with van der Waals surface area (Å²) in [5.41, 5.74) is 3.75. The fourth-order valence-electron chi connectivity index (χ4n) is 1.76. The highest BCUT2D eigenvalue weighted by Gasteiger charge is 2.33. The standard InChI is InChI=1S/C12H12N2/c1-8-12(2,3)10-6-4-5-9(7-13)11(10)14-8/h4-6H,1-3H3. The number of para-hydroxylation sites is 1. The Labute approximate surface area is 83.9 Å². The molecular weight excluding hydrogens is 172 g/mol. The van der Waals surface area contributed by atoms with Gasteiger partial charge in [0, 0.05) is 11.1 Å². The normalized spacial score (nSPS) is 17.1. The van der Waals surface area contributed by atoms with Gasteiger partial charge in [0.2, 0.25) is 0 Å². The van der Waals surface area contributed by atoms with Gasteiger partial charge in [-0.25, -0.2) is 0 Å². The molecule has 0 amide bonds. The van der Waals surface area contributed by atoms with Crippen molar-refractivity contribution >= 4 is 11.4 Å². The Bertz CT molecular complexity index is 462. The Hall–Kier alpha value is -1.62. The summed E-state index contributed by atoms with van der Waals surface area (Å²) < 4.78 is 0. The lowest BCUT2D eigenvalue weighted by Crippen LogP contribution is -2.22. The zero-order chi connectivity index (χ0) is 10.3. The van der Waals surface area contributed by atoms with Gasteiger partial charge in [-0.15, -0.1) is 0 Å². The number of rotatable bonds is 0. The first kappa shape index (κ1) is 8.96. The summed E-state index contributed by atoms with van der Waals surface area (Å²) in [6.07, 6.45) is 0. The van der Waals surface area contributed by atoms with Crippen molar-refractivity contribution in [2.24, 2.45) is 4.99 Å². The third-order valence-corrected chi connectivity index (χ3v) is 3.01. The Morgan fingerprint density at radius 2 is 2.07 bits per heavy atom. The van der Waals surface area contributed by atoms with Gasteiger partial charge in [0.15, 0.2) is 0 Å². The lowest BCUT2D eigenvalue weighted by Gasteiger charge is -2.19. The molecule has 0 unspecified atom stereocenters. The van der Waals surface area contributed by atoms with Crippen molar-refractivity contribution in [1.82, 2.24) is 0 Å². The number of benzene rings is 1. The highest BCUT2D eigenvalue weighted by atomic mass is 14.8. The lowest BCUT2D eigenvalue weighted by atomic mass is 9.82. The van der Waals surface area contributed by atoms with E-state index >= 15 is 0 Å². The Morgan fingerprint density at radius 1 is 1.36 bits per heavy atom. The molecule has 0 saturated carbocycles. The van der Waals surface area contributed by atoms with Crippen molar-refractivity contribution in [3.8, 4) is 6.07 Å². The third-order valence-electron chi connectivity index (χ3n) is 3.01. The molecule has 0 bridgehead atoms. The second-order valence-corrected chi connectivity index (χ2v) is 4.14. The van der Waals surface area contributed by atoms with Crippen molar-refractivity contribution in [3.05, 3.63) is 29.3 Å². The smallest absolute Gasteiger partial charge is 0.101 e. The predicted molar refractivity (Wildman–Crippen MR) is 57.0 cm³/mol. The van der Waals surface area contributed by atoms with Crippen LogP contribution in [-0.2, 0) is 5.41 Å². The number of nitrogens with zero attached hydrogens (tertiary/aromatic N) is 2. The van der Waals surface area contributed by atoms with Crippen molar-refractivity contribution in [3.63, 3.8) is 0 Å². The van der Waals surface area contributed by atoms with Gasteiger partial charge in [0.25, 0.3) is 0 Å². The Morgan fingerprint density at radius 3 is 2.71 bits per heavy atom. The van der Waals surface area contributed by atoms with E-state index in [-0.39, 0.29) is 5.41 Å². The minimum Gasteiger partial charge on any atom is -0.255 e. The van der Waals surface area contributed by atoms with Crippen LogP contribution in [0.25, 0.3) is 0 Å². The molecule has 2 heteroatoms. The van der Waals surface area contributed by atoms with Crippen LogP contribution in [-0.4, -0.2) is 5.71 Å². The maximum absolute atomic E-state index is 8.94. The van der Waals surface area contributed by atoms with E-state index in [2.05, 4.69) is 31.0 Å². The molecule has 0 saturated heterocycles. The summed E-state index contributed by atoms with van der Waals surface area (Å²) in [7, 11) is 0. The molecule has 1 aliphatic rings. The Kier molecular flexibility index (Phi) is 1.72. The van der Waals surface area contributed by atoms with E-state index in [9.17, 15) is 0 Å². The van der Waals surface area contributed by atoms with Crippen LogP contribution in [0.15, 0.2) is 23.2 Å². The number of hydrogen-bond donors (Lipinski definition) is 0. The molecule has 0 aromatic heterocycles. The summed E-state index contributed by atoms with van der Waals surface area (Å²) in [5, 5.41) is 8.94. The molecule has 0 N–H and O–H groups in total. The van der Waals surface area contributed by atoms with E-state index in [0.717, 1.165) is 17.0 Å². The van der Waals surface area contributed by atoms with Crippen molar-refractivity contribution < 1.29 is 0 Å². The van der Waals surface area contributed by atoms with Gasteiger partial charge < -0.3 is 0 Å².